The minimum atomic E-state index is 0.760. The Hall–Kier alpha value is -1.22. The number of hydrogen-bond donors (Lipinski definition) is 0. The van der Waals surface area contributed by atoms with E-state index in [4.69, 9.17) is 0 Å². The third kappa shape index (κ3) is 1.28. The summed E-state index contributed by atoms with van der Waals surface area (Å²) in [6.45, 7) is 0. The minimum absolute atomic E-state index is 0.760. The number of benzene rings is 1. The van der Waals surface area contributed by atoms with E-state index in [1.165, 1.54) is 11.5 Å². The zero-order valence-corrected chi connectivity index (χ0v) is 6.51. The molecule has 2 rings (SSSR count). The number of nitrogens with zero attached hydrogens (tertiary/aromatic N) is 2. The summed E-state index contributed by atoms with van der Waals surface area (Å²) in [4.78, 5) is 4.06. The monoisotopic (exact) mass is 161 g/mol. The second-order valence-electron chi connectivity index (χ2n) is 2.03. The highest BCUT2D eigenvalue weighted by Crippen LogP contribution is 2.12. The van der Waals surface area contributed by atoms with E-state index in [1.807, 2.05) is 24.3 Å². The highest BCUT2D eigenvalue weighted by molar-refractivity contribution is 7.03. The molecule has 3 heteroatoms. The zero-order chi connectivity index (χ0) is 7.52. The maximum atomic E-state index is 4.09. The molecule has 1 heterocycles. The van der Waals surface area contributed by atoms with Gasteiger partial charge < -0.3 is 0 Å². The molecule has 0 fully saturated rings. The Morgan fingerprint density at radius 3 is 3.00 bits per heavy atom. The van der Waals surface area contributed by atoms with E-state index >= 15 is 0 Å². The van der Waals surface area contributed by atoms with E-state index in [-0.39, 0.29) is 0 Å². The lowest BCUT2D eigenvalue weighted by molar-refractivity contribution is 1.32. The first-order valence-corrected chi connectivity index (χ1v) is 4.04. The molecule has 0 saturated heterocycles. The summed E-state index contributed by atoms with van der Waals surface area (Å²) >= 11 is 1.35. The van der Waals surface area contributed by atoms with Crippen LogP contribution < -0.4 is 0 Å². The normalized spacial score (nSPS) is 9.82. The van der Waals surface area contributed by atoms with Crippen molar-refractivity contribution in [2.75, 3.05) is 0 Å². The second-order valence-corrected chi connectivity index (χ2v) is 2.64. The minimum Gasteiger partial charge on any atom is -0.223 e. The van der Waals surface area contributed by atoms with Crippen LogP contribution in [0.5, 0.6) is 0 Å². The van der Waals surface area contributed by atoms with E-state index in [0.717, 1.165) is 11.4 Å². The summed E-state index contributed by atoms with van der Waals surface area (Å²) in [6.07, 6.45) is 0. The van der Waals surface area contributed by atoms with Crippen LogP contribution in [-0.4, -0.2) is 9.36 Å². The van der Waals surface area contributed by atoms with Gasteiger partial charge in [-0.3, -0.25) is 0 Å². The third-order valence-electron chi connectivity index (χ3n) is 1.31. The predicted molar refractivity (Wildman–Crippen MR) is 44.2 cm³/mol. The van der Waals surface area contributed by atoms with Crippen LogP contribution in [0, 0.1) is 6.07 Å². The molecule has 11 heavy (non-hydrogen) atoms. The van der Waals surface area contributed by atoms with Crippen molar-refractivity contribution in [2.24, 2.45) is 0 Å². The van der Waals surface area contributed by atoms with Crippen LogP contribution in [0.2, 0.25) is 0 Å². The summed E-state index contributed by atoms with van der Waals surface area (Å²) in [6, 6.07) is 10.7. The maximum absolute atomic E-state index is 4.09. The van der Waals surface area contributed by atoms with Crippen LogP contribution in [0.1, 0.15) is 0 Å². The van der Waals surface area contributed by atoms with Gasteiger partial charge in [0.25, 0.3) is 0 Å². The van der Waals surface area contributed by atoms with Crippen molar-refractivity contribution >= 4 is 11.5 Å². The molecule has 0 N–H and O–H groups in total. The van der Waals surface area contributed by atoms with Crippen molar-refractivity contribution in [3.8, 4) is 11.4 Å². The van der Waals surface area contributed by atoms with Gasteiger partial charge in [-0.15, -0.1) is 0 Å². The van der Waals surface area contributed by atoms with Gasteiger partial charge in [0, 0.05) is 5.56 Å². The fraction of sp³-hybridized carbons (Fsp3) is 0. The van der Waals surface area contributed by atoms with Crippen LogP contribution in [0.15, 0.2) is 29.8 Å². The average Bonchev–Trinajstić information content (AvgIpc) is 2.58. The van der Waals surface area contributed by atoms with Gasteiger partial charge in [0.15, 0.2) is 5.82 Å². The van der Waals surface area contributed by atoms with E-state index in [0.29, 0.717) is 0 Å². The molecule has 0 aliphatic rings. The molecule has 1 radical (unpaired) electrons. The highest BCUT2D eigenvalue weighted by Gasteiger charge is 1.97. The summed E-state index contributed by atoms with van der Waals surface area (Å²) in [5.74, 6) is 0.760. The molecule has 0 amide bonds. The Bertz CT molecular complexity index is 315. The SMILES string of the molecule is [c]1ccccc1-c1ncsn1. The Morgan fingerprint density at radius 1 is 1.36 bits per heavy atom. The first kappa shape index (κ1) is 6.49. The molecule has 1 aromatic carbocycles. The van der Waals surface area contributed by atoms with Gasteiger partial charge in [0.1, 0.15) is 5.51 Å². The van der Waals surface area contributed by atoms with E-state index < -0.39 is 0 Å². The Labute approximate surface area is 68.7 Å². The smallest absolute Gasteiger partial charge is 0.173 e. The van der Waals surface area contributed by atoms with Gasteiger partial charge in [-0.1, -0.05) is 24.3 Å². The van der Waals surface area contributed by atoms with Crippen LogP contribution in [0.4, 0.5) is 0 Å². The quantitative estimate of drug-likeness (QED) is 0.639. The molecule has 0 aliphatic heterocycles. The summed E-state index contributed by atoms with van der Waals surface area (Å²) < 4.78 is 4.09. The average molecular weight is 161 g/mol. The van der Waals surface area contributed by atoms with Gasteiger partial charge in [-0.05, 0) is 17.6 Å². The zero-order valence-electron chi connectivity index (χ0n) is 5.69. The molecule has 0 unspecified atom stereocenters. The number of rotatable bonds is 1. The fourth-order valence-electron chi connectivity index (χ4n) is 0.822. The third-order valence-corrected chi connectivity index (χ3v) is 1.79. The van der Waals surface area contributed by atoms with Crippen molar-refractivity contribution in [2.45, 2.75) is 0 Å². The molecule has 2 nitrogen and oxygen atoms in total. The molecule has 0 aliphatic carbocycles. The molecule has 2 aromatic rings. The summed E-state index contributed by atoms with van der Waals surface area (Å²) in [7, 11) is 0. The largest absolute Gasteiger partial charge is 0.223 e. The lowest BCUT2D eigenvalue weighted by Crippen LogP contribution is -1.77. The fourth-order valence-corrected chi connectivity index (χ4v) is 1.26. The van der Waals surface area contributed by atoms with E-state index in [2.05, 4.69) is 15.4 Å². The lowest BCUT2D eigenvalue weighted by atomic mass is 10.2. The van der Waals surface area contributed by atoms with Crippen LogP contribution in [0.25, 0.3) is 11.4 Å². The Morgan fingerprint density at radius 2 is 2.36 bits per heavy atom. The van der Waals surface area contributed by atoms with Crippen molar-refractivity contribution in [3.63, 3.8) is 0 Å². The van der Waals surface area contributed by atoms with Gasteiger partial charge in [0.2, 0.25) is 0 Å². The van der Waals surface area contributed by atoms with Gasteiger partial charge in [0.05, 0.1) is 0 Å². The molecule has 0 atom stereocenters. The topological polar surface area (TPSA) is 25.8 Å². The van der Waals surface area contributed by atoms with Gasteiger partial charge in [-0.2, -0.15) is 4.37 Å². The number of aromatic nitrogens is 2. The number of hydrogen-bond acceptors (Lipinski definition) is 3. The molecular weight excluding hydrogens is 156 g/mol. The molecule has 0 saturated carbocycles. The summed E-state index contributed by atoms with van der Waals surface area (Å²) in [5.41, 5.74) is 2.67. The first-order valence-electron chi connectivity index (χ1n) is 3.20. The van der Waals surface area contributed by atoms with Crippen molar-refractivity contribution in [1.29, 1.82) is 0 Å². The van der Waals surface area contributed by atoms with Crippen molar-refractivity contribution in [3.05, 3.63) is 35.8 Å². The molecule has 0 spiro atoms. The van der Waals surface area contributed by atoms with Crippen LogP contribution >= 0.6 is 11.5 Å². The lowest BCUT2D eigenvalue weighted by Gasteiger charge is -1.89. The van der Waals surface area contributed by atoms with Gasteiger partial charge in [-0.25, -0.2) is 4.98 Å². The first-order chi connectivity index (χ1) is 5.47. The van der Waals surface area contributed by atoms with E-state index in [1.54, 1.807) is 5.51 Å². The maximum Gasteiger partial charge on any atom is 0.173 e. The van der Waals surface area contributed by atoms with Crippen LogP contribution in [-0.2, 0) is 0 Å². The van der Waals surface area contributed by atoms with Crippen LogP contribution in [0.3, 0.4) is 0 Å². The summed E-state index contributed by atoms with van der Waals surface area (Å²) in [5, 5.41) is 0. The molecule has 53 valence electrons. The standard InChI is InChI=1S/C8H5N2S/c1-2-4-7(5-3-1)8-9-6-11-10-8/h1-4,6H. The Balaban J connectivity index is 2.46. The molecule has 0 bridgehead atoms. The van der Waals surface area contributed by atoms with Crippen molar-refractivity contribution < 1.29 is 0 Å². The second kappa shape index (κ2) is 2.80. The van der Waals surface area contributed by atoms with Gasteiger partial charge >= 0.3 is 0 Å². The molecule has 1 aromatic heterocycles. The van der Waals surface area contributed by atoms with E-state index in [9.17, 15) is 0 Å². The highest BCUT2D eigenvalue weighted by atomic mass is 32.1. The Kier molecular flexibility index (Phi) is 1.65. The molecular formula is C8H5N2S. The predicted octanol–water partition coefficient (Wildman–Crippen LogP) is 2.01. The van der Waals surface area contributed by atoms with Crippen molar-refractivity contribution in [1.82, 2.24) is 9.36 Å².